The zero-order chi connectivity index (χ0) is 13.7. The quantitative estimate of drug-likeness (QED) is 0.849. The van der Waals surface area contributed by atoms with E-state index in [-0.39, 0.29) is 27.0 Å². The van der Waals surface area contributed by atoms with Crippen LogP contribution in [0.1, 0.15) is 23.8 Å². The summed E-state index contributed by atoms with van der Waals surface area (Å²) in [5.74, 6) is -0.378. The monoisotopic (exact) mass is 308 g/mol. The number of halogens is 2. The second-order valence-corrected chi connectivity index (χ2v) is 6.41. The van der Waals surface area contributed by atoms with E-state index in [2.05, 4.69) is 10.3 Å². The van der Waals surface area contributed by atoms with Gasteiger partial charge in [-0.05, 0) is 18.6 Å². The summed E-state index contributed by atoms with van der Waals surface area (Å²) in [6, 6.07) is 3.04. The molecule has 0 saturated carbocycles. The molecular weight excluding hydrogens is 295 g/mol. The van der Waals surface area contributed by atoms with E-state index < -0.39 is 10.8 Å². The normalized spacial score (nSPS) is 14.0. The molecule has 100 valence electrons. The van der Waals surface area contributed by atoms with Crippen molar-refractivity contribution in [2.75, 3.05) is 12.8 Å². The first-order valence-electron chi connectivity index (χ1n) is 5.34. The van der Waals surface area contributed by atoms with Crippen LogP contribution in [0.3, 0.4) is 0 Å². The van der Waals surface area contributed by atoms with Gasteiger partial charge in [0, 0.05) is 28.9 Å². The third kappa shape index (κ3) is 4.55. The smallest absolute Gasteiger partial charge is 0.271 e. The SMILES string of the molecule is CC(CCNC(=O)c1nc(Cl)ccc1Cl)S(C)=O. The molecular formula is C11H14Cl2N2O2S. The average Bonchev–Trinajstić information content (AvgIpc) is 2.31. The van der Waals surface area contributed by atoms with Crippen molar-refractivity contribution >= 4 is 39.9 Å². The van der Waals surface area contributed by atoms with Crippen molar-refractivity contribution < 1.29 is 9.00 Å². The molecule has 1 aromatic heterocycles. The van der Waals surface area contributed by atoms with Crippen molar-refractivity contribution in [3.8, 4) is 0 Å². The zero-order valence-corrected chi connectivity index (χ0v) is 12.4. The minimum atomic E-state index is -0.892. The molecule has 0 aliphatic rings. The second kappa shape index (κ2) is 7.07. The lowest BCUT2D eigenvalue weighted by atomic mass is 10.3. The number of nitrogens with one attached hydrogen (secondary N) is 1. The zero-order valence-electron chi connectivity index (χ0n) is 10.1. The minimum absolute atomic E-state index is 0.0353. The summed E-state index contributed by atoms with van der Waals surface area (Å²) in [6.45, 7) is 2.29. The second-order valence-electron chi connectivity index (χ2n) is 3.82. The number of carbonyl (C=O) groups excluding carboxylic acids is 1. The van der Waals surface area contributed by atoms with Crippen molar-refractivity contribution in [1.82, 2.24) is 10.3 Å². The minimum Gasteiger partial charge on any atom is -0.351 e. The van der Waals surface area contributed by atoms with E-state index in [0.717, 1.165) is 0 Å². The Morgan fingerprint density at radius 1 is 1.50 bits per heavy atom. The van der Waals surface area contributed by atoms with E-state index in [4.69, 9.17) is 23.2 Å². The first kappa shape index (κ1) is 15.4. The first-order chi connectivity index (χ1) is 8.41. The van der Waals surface area contributed by atoms with Gasteiger partial charge in [-0.1, -0.05) is 30.1 Å². The van der Waals surface area contributed by atoms with E-state index in [1.54, 1.807) is 6.26 Å². The molecule has 7 heteroatoms. The molecule has 0 bridgehead atoms. The lowest BCUT2D eigenvalue weighted by Crippen LogP contribution is -2.28. The van der Waals surface area contributed by atoms with Crippen LogP contribution in [0.2, 0.25) is 10.2 Å². The Labute approximate surface area is 119 Å². The summed E-state index contributed by atoms with van der Waals surface area (Å²) in [6.07, 6.45) is 2.27. The molecule has 0 radical (unpaired) electrons. The number of hydrogen-bond acceptors (Lipinski definition) is 3. The Hall–Kier alpha value is -0.650. The fraction of sp³-hybridized carbons (Fsp3) is 0.455. The van der Waals surface area contributed by atoms with Crippen molar-refractivity contribution in [2.45, 2.75) is 18.6 Å². The molecule has 4 nitrogen and oxygen atoms in total. The highest BCUT2D eigenvalue weighted by molar-refractivity contribution is 7.84. The van der Waals surface area contributed by atoms with Crippen molar-refractivity contribution in [1.29, 1.82) is 0 Å². The van der Waals surface area contributed by atoms with E-state index in [1.165, 1.54) is 12.1 Å². The van der Waals surface area contributed by atoms with Crippen molar-refractivity contribution in [3.05, 3.63) is 28.0 Å². The predicted molar refractivity (Wildman–Crippen MR) is 74.7 cm³/mol. The molecule has 0 aromatic carbocycles. The number of nitrogens with zero attached hydrogens (tertiary/aromatic N) is 1. The molecule has 1 aromatic rings. The van der Waals surface area contributed by atoms with Gasteiger partial charge < -0.3 is 5.32 Å². The van der Waals surface area contributed by atoms with Crippen LogP contribution in [0.4, 0.5) is 0 Å². The third-order valence-electron chi connectivity index (χ3n) is 2.43. The average molecular weight is 309 g/mol. The fourth-order valence-electron chi connectivity index (χ4n) is 1.22. The summed E-state index contributed by atoms with van der Waals surface area (Å²) in [5.41, 5.74) is 0.106. The number of amides is 1. The van der Waals surface area contributed by atoms with Crippen LogP contribution in [-0.4, -0.2) is 33.2 Å². The van der Waals surface area contributed by atoms with Crippen molar-refractivity contribution in [2.24, 2.45) is 0 Å². The Bertz CT molecular complexity index is 468. The van der Waals surface area contributed by atoms with Gasteiger partial charge >= 0.3 is 0 Å². The maximum Gasteiger partial charge on any atom is 0.271 e. The topological polar surface area (TPSA) is 59.1 Å². The van der Waals surface area contributed by atoms with Gasteiger partial charge in [0.25, 0.3) is 5.91 Å². The van der Waals surface area contributed by atoms with Crippen LogP contribution in [0.25, 0.3) is 0 Å². The molecule has 1 amide bonds. The van der Waals surface area contributed by atoms with E-state index in [9.17, 15) is 9.00 Å². The van der Waals surface area contributed by atoms with Crippen LogP contribution < -0.4 is 5.32 Å². The lowest BCUT2D eigenvalue weighted by Gasteiger charge is -2.09. The standard InChI is InChI=1S/C11H14Cl2N2O2S/c1-7(18(2)17)5-6-14-11(16)10-8(12)3-4-9(13)15-10/h3-4,7H,5-6H2,1-2H3,(H,14,16). The first-order valence-corrected chi connectivity index (χ1v) is 7.72. The van der Waals surface area contributed by atoms with E-state index in [0.29, 0.717) is 13.0 Å². The molecule has 1 N–H and O–H groups in total. The predicted octanol–water partition coefficient (Wildman–Crippen LogP) is 2.28. The molecule has 2 unspecified atom stereocenters. The number of carbonyl (C=O) groups is 1. The number of aromatic nitrogens is 1. The van der Waals surface area contributed by atoms with Crippen LogP contribution >= 0.6 is 23.2 Å². The van der Waals surface area contributed by atoms with Crippen LogP contribution in [0.5, 0.6) is 0 Å². The molecule has 0 aliphatic carbocycles. The van der Waals surface area contributed by atoms with Crippen LogP contribution in [0, 0.1) is 0 Å². The summed E-state index contributed by atoms with van der Waals surface area (Å²) in [4.78, 5) is 15.6. The van der Waals surface area contributed by atoms with Crippen LogP contribution in [0.15, 0.2) is 12.1 Å². The van der Waals surface area contributed by atoms with Gasteiger partial charge in [-0.25, -0.2) is 4.98 Å². The highest BCUT2D eigenvalue weighted by atomic mass is 35.5. The van der Waals surface area contributed by atoms with Gasteiger partial charge in [0.2, 0.25) is 0 Å². The van der Waals surface area contributed by atoms with Gasteiger partial charge in [-0.3, -0.25) is 9.00 Å². The van der Waals surface area contributed by atoms with E-state index in [1.807, 2.05) is 6.92 Å². The Morgan fingerprint density at radius 3 is 2.78 bits per heavy atom. The molecule has 1 heterocycles. The molecule has 2 atom stereocenters. The molecule has 18 heavy (non-hydrogen) atoms. The lowest BCUT2D eigenvalue weighted by molar-refractivity contribution is 0.0948. The Morgan fingerprint density at radius 2 is 2.17 bits per heavy atom. The van der Waals surface area contributed by atoms with Crippen LogP contribution in [-0.2, 0) is 10.8 Å². The van der Waals surface area contributed by atoms with Gasteiger partial charge in [-0.2, -0.15) is 0 Å². The highest BCUT2D eigenvalue weighted by Gasteiger charge is 2.13. The molecule has 0 fully saturated rings. The molecule has 1 rings (SSSR count). The van der Waals surface area contributed by atoms with Gasteiger partial charge in [-0.15, -0.1) is 0 Å². The highest BCUT2D eigenvalue weighted by Crippen LogP contribution is 2.16. The molecule has 0 saturated heterocycles. The van der Waals surface area contributed by atoms with Crippen molar-refractivity contribution in [3.63, 3.8) is 0 Å². The van der Waals surface area contributed by atoms with Gasteiger partial charge in [0.05, 0.1) is 5.02 Å². The van der Waals surface area contributed by atoms with Gasteiger partial charge in [0.1, 0.15) is 10.8 Å². The number of pyridine rings is 1. The van der Waals surface area contributed by atoms with Gasteiger partial charge in [0.15, 0.2) is 0 Å². The van der Waals surface area contributed by atoms with E-state index >= 15 is 0 Å². The Balaban J connectivity index is 2.55. The fourth-order valence-corrected chi connectivity index (χ4v) is 2.00. The summed E-state index contributed by atoms with van der Waals surface area (Å²) in [7, 11) is -0.892. The third-order valence-corrected chi connectivity index (χ3v) is 4.31. The molecule has 0 spiro atoms. The largest absolute Gasteiger partial charge is 0.351 e. The number of hydrogen-bond donors (Lipinski definition) is 1. The summed E-state index contributed by atoms with van der Waals surface area (Å²) in [5, 5.41) is 3.18. The number of rotatable bonds is 5. The molecule has 0 aliphatic heterocycles. The summed E-state index contributed by atoms with van der Waals surface area (Å²) >= 11 is 11.5. The maximum absolute atomic E-state index is 11.8. The summed E-state index contributed by atoms with van der Waals surface area (Å²) < 4.78 is 11.1. The maximum atomic E-state index is 11.8. The Kier molecular flexibility index (Phi) is 6.05.